The van der Waals surface area contributed by atoms with Crippen LogP contribution in [0.2, 0.25) is 10.0 Å². The third-order valence-corrected chi connectivity index (χ3v) is 6.74. The molecule has 0 amide bonds. The van der Waals surface area contributed by atoms with Gasteiger partial charge in [0.15, 0.2) is 0 Å². The van der Waals surface area contributed by atoms with Gasteiger partial charge in [0.25, 0.3) is 0 Å². The largest absolute Gasteiger partial charge is 0.335 e. The number of thioether (sulfide) groups is 1. The first-order valence-corrected chi connectivity index (χ1v) is 11.5. The minimum atomic E-state index is -1.04. The van der Waals surface area contributed by atoms with Crippen LogP contribution in [0.1, 0.15) is 12.5 Å². The highest BCUT2D eigenvalue weighted by Crippen LogP contribution is 2.39. The van der Waals surface area contributed by atoms with Crippen molar-refractivity contribution in [2.75, 3.05) is 24.0 Å². The second-order valence-corrected chi connectivity index (χ2v) is 8.70. The van der Waals surface area contributed by atoms with Crippen molar-refractivity contribution < 1.29 is 4.21 Å². The number of hydrogen-bond donors (Lipinski definition) is 0. The van der Waals surface area contributed by atoms with Gasteiger partial charge in [0.1, 0.15) is 0 Å². The summed E-state index contributed by atoms with van der Waals surface area (Å²) in [5, 5.41) is 1.18. The molecule has 2 nitrogen and oxygen atoms in total. The lowest BCUT2D eigenvalue weighted by atomic mass is 10.1. The fraction of sp³-hybridized carbons (Fsp3) is 0.200. The zero-order valence-electron chi connectivity index (χ0n) is 14.9. The number of para-hydroxylation sites is 2. The van der Waals surface area contributed by atoms with Gasteiger partial charge in [-0.2, -0.15) is 0 Å². The van der Waals surface area contributed by atoms with Crippen LogP contribution in [0.5, 0.6) is 0 Å². The van der Waals surface area contributed by atoms with E-state index in [1.807, 2.05) is 73.9 Å². The van der Waals surface area contributed by atoms with Crippen molar-refractivity contribution in [3.05, 3.63) is 74.5 Å². The molecule has 0 heterocycles. The molecule has 6 heteroatoms. The third kappa shape index (κ3) is 5.17. The van der Waals surface area contributed by atoms with Gasteiger partial charge in [0, 0.05) is 18.5 Å². The summed E-state index contributed by atoms with van der Waals surface area (Å²) in [5.74, 6) is 0. The summed E-state index contributed by atoms with van der Waals surface area (Å²) in [5.41, 5.74) is 2.68. The fourth-order valence-corrected chi connectivity index (χ4v) is 4.59. The number of rotatable bonds is 7. The van der Waals surface area contributed by atoms with Crippen LogP contribution in [-0.2, 0) is 10.8 Å². The van der Waals surface area contributed by atoms with Gasteiger partial charge in [0.05, 0.1) is 30.8 Å². The summed E-state index contributed by atoms with van der Waals surface area (Å²) in [6.45, 7) is 2.60. The third-order valence-electron chi connectivity index (χ3n) is 3.72. The highest BCUT2D eigenvalue weighted by molar-refractivity contribution is 8.16. The van der Waals surface area contributed by atoms with E-state index in [1.54, 1.807) is 6.26 Å². The van der Waals surface area contributed by atoms with Crippen LogP contribution in [0.25, 0.3) is 6.08 Å². The second-order valence-electron chi connectivity index (χ2n) is 5.43. The Morgan fingerprint density at radius 1 is 1.15 bits per heavy atom. The summed E-state index contributed by atoms with van der Waals surface area (Å²) in [7, 11) is -1.04. The number of allylic oxidation sites excluding steroid dienone is 1. The van der Waals surface area contributed by atoms with Crippen LogP contribution in [0.15, 0.2) is 58.9 Å². The van der Waals surface area contributed by atoms with Crippen LogP contribution in [-0.4, -0.2) is 23.3 Å². The Balaban J connectivity index is 2.66. The van der Waals surface area contributed by atoms with Crippen LogP contribution in [0.4, 0.5) is 11.4 Å². The van der Waals surface area contributed by atoms with Crippen molar-refractivity contribution in [1.29, 1.82) is 0 Å². The van der Waals surface area contributed by atoms with E-state index in [2.05, 4.69) is 4.90 Å². The number of anilines is 2. The van der Waals surface area contributed by atoms with Gasteiger partial charge in [-0.25, -0.2) is 0 Å². The van der Waals surface area contributed by atoms with Crippen molar-refractivity contribution in [2.45, 2.75) is 6.92 Å². The van der Waals surface area contributed by atoms with Crippen molar-refractivity contribution in [1.82, 2.24) is 0 Å². The standard InChI is InChI=1S/C20H21Cl2NOS2/c1-4-5-13-23(20-16(21)10-8-11-17(20)22)18-12-7-6-9-15(18)14-19(25-2)26(3)24/h4-12,14H,13H2,1-3H3/b5-4+,19-14+. The van der Waals surface area contributed by atoms with E-state index in [4.69, 9.17) is 23.2 Å². The van der Waals surface area contributed by atoms with Crippen molar-refractivity contribution >= 4 is 63.2 Å². The normalized spacial score (nSPS) is 13.2. The molecule has 0 radical (unpaired) electrons. The summed E-state index contributed by atoms with van der Waals surface area (Å²) < 4.78 is 12.8. The molecule has 1 atom stereocenters. The van der Waals surface area contributed by atoms with Crippen LogP contribution in [0, 0.1) is 0 Å². The van der Waals surface area contributed by atoms with E-state index in [1.165, 1.54) is 11.8 Å². The molecule has 0 N–H and O–H groups in total. The van der Waals surface area contributed by atoms with Gasteiger partial charge in [-0.15, -0.1) is 11.8 Å². The summed E-state index contributed by atoms with van der Waals surface area (Å²) >= 11 is 14.4. The topological polar surface area (TPSA) is 20.3 Å². The molecule has 138 valence electrons. The molecule has 0 fully saturated rings. The summed E-state index contributed by atoms with van der Waals surface area (Å²) in [4.78, 5) is 2.08. The predicted octanol–water partition coefficient (Wildman–Crippen LogP) is 6.75. The smallest absolute Gasteiger partial charge is 0.0792 e. The lowest BCUT2D eigenvalue weighted by Crippen LogP contribution is -2.19. The van der Waals surface area contributed by atoms with Crippen LogP contribution >= 0.6 is 35.0 Å². The first-order chi connectivity index (χ1) is 12.5. The maximum absolute atomic E-state index is 12.0. The molecule has 26 heavy (non-hydrogen) atoms. The molecule has 0 aliphatic rings. The predicted molar refractivity (Wildman–Crippen MR) is 120 cm³/mol. The first kappa shape index (κ1) is 21.1. The zero-order valence-corrected chi connectivity index (χ0v) is 18.1. The maximum atomic E-state index is 12.0. The Morgan fingerprint density at radius 3 is 2.38 bits per heavy atom. The Labute approximate surface area is 172 Å². The molecule has 2 rings (SSSR count). The molecule has 0 aliphatic heterocycles. The molecule has 1 unspecified atom stereocenters. The SMILES string of the molecule is C/C=C/CN(c1ccccc1/C=C(\SC)S(C)=O)c1c(Cl)cccc1Cl. The summed E-state index contributed by atoms with van der Waals surface area (Å²) in [6.07, 6.45) is 9.62. The lowest BCUT2D eigenvalue weighted by molar-refractivity contribution is 0.691. The lowest BCUT2D eigenvalue weighted by Gasteiger charge is -2.27. The average Bonchev–Trinajstić information content (AvgIpc) is 2.62. The molecule has 2 aromatic rings. The van der Waals surface area contributed by atoms with Crippen molar-refractivity contribution in [3.8, 4) is 0 Å². The minimum absolute atomic E-state index is 0.588. The quantitative estimate of drug-likeness (QED) is 0.457. The van der Waals surface area contributed by atoms with Gasteiger partial charge < -0.3 is 4.90 Å². The summed E-state index contributed by atoms with van der Waals surface area (Å²) in [6, 6.07) is 13.5. The van der Waals surface area contributed by atoms with Gasteiger partial charge >= 0.3 is 0 Å². The molecular weight excluding hydrogens is 405 g/mol. The van der Waals surface area contributed by atoms with Crippen LogP contribution in [0.3, 0.4) is 0 Å². The van der Waals surface area contributed by atoms with Gasteiger partial charge in [-0.1, -0.05) is 59.6 Å². The molecule has 0 bridgehead atoms. The highest BCUT2D eigenvalue weighted by atomic mass is 35.5. The van der Waals surface area contributed by atoms with E-state index >= 15 is 0 Å². The van der Waals surface area contributed by atoms with E-state index in [9.17, 15) is 4.21 Å². The number of nitrogens with zero attached hydrogens (tertiary/aromatic N) is 1. The van der Waals surface area contributed by atoms with E-state index < -0.39 is 10.8 Å². The minimum Gasteiger partial charge on any atom is -0.335 e. The molecule has 0 aliphatic carbocycles. The molecule has 0 saturated heterocycles. The molecule has 0 spiro atoms. The molecule has 2 aromatic carbocycles. The number of hydrogen-bond acceptors (Lipinski definition) is 3. The van der Waals surface area contributed by atoms with Crippen molar-refractivity contribution in [3.63, 3.8) is 0 Å². The first-order valence-electron chi connectivity index (χ1n) is 8.00. The van der Waals surface area contributed by atoms with E-state index in [0.717, 1.165) is 21.2 Å². The highest BCUT2D eigenvalue weighted by Gasteiger charge is 2.17. The fourth-order valence-electron chi connectivity index (χ4n) is 2.51. The Kier molecular flexibility index (Phi) is 8.29. The van der Waals surface area contributed by atoms with Gasteiger partial charge in [-0.05, 0) is 43.0 Å². The zero-order chi connectivity index (χ0) is 19.1. The average molecular weight is 426 g/mol. The Hall–Kier alpha value is -1.20. The Morgan fingerprint density at radius 2 is 1.81 bits per heavy atom. The number of halogens is 2. The van der Waals surface area contributed by atoms with E-state index in [0.29, 0.717) is 16.6 Å². The van der Waals surface area contributed by atoms with E-state index in [-0.39, 0.29) is 0 Å². The van der Waals surface area contributed by atoms with Crippen LogP contribution < -0.4 is 4.90 Å². The molecular formula is C20H21Cl2NOS2. The van der Waals surface area contributed by atoms with Gasteiger partial charge in [-0.3, -0.25) is 4.21 Å². The second kappa shape index (κ2) is 10.2. The van der Waals surface area contributed by atoms with Gasteiger partial charge in [0.2, 0.25) is 0 Å². The molecule has 0 aromatic heterocycles. The Bertz CT molecular complexity index is 829. The van der Waals surface area contributed by atoms with Crippen molar-refractivity contribution in [2.24, 2.45) is 0 Å². The number of benzene rings is 2. The monoisotopic (exact) mass is 425 g/mol. The maximum Gasteiger partial charge on any atom is 0.0792 e. The molecule has 0 saturated carbocycles.